The lowest BCUT2D eigenvalue weighted by Gasteiger charge is -2.36. The van der Waals surface area contributed by atoms with Crippen LogP contribution in [0.5, 0.6) is 0 Å². The maximum absolute atomic E-state index is 12.9. The molecular weight excluding hydrogens is 374 g/mol. The van der Waals surface area contributed by atoms with Gasteiger partial charge in [-0.25, -0.2) is 9.59 Å². The third-order valence-electron chi connectivity index (χ3n) is 4.18. The monoisotopic (exact) mass is 401 g/mol. The van der Waals surface area contributed by atoms with Crippen molar-refractivity contribution in [2.75, 3.05) is 6.61 Å². The maximum Gasteiger partial charge on any atom is 0.414 e. The average molecular weight is 401 g/mol. The van der Waals surface area contributed by atoms with E-state index in [9.17, 15) is 9.59 Å². The average Bonchev–Trinajstić information content (AvgIpc) is 2.93. The fourth-order valence-corrected chi connectivity index (χ4v) is 2.97. The quantitative estimate of drug-likeness (QED) is 0.326. The maximum atomic E-state index is 12.9. The molecule has 1 aliphatic rings. The molecule has 0 aromatic heterocycles. The zero-order valence-electron chi connectivity index (χ0n) is 17.4. The Hall–Kier alpha value is -2.96. The molecule has 0 bridgehead atoms. The summed E-state index contributed by atoms with van der Waals surface area (Å²) in [6.07, 6.45) is 2.69. The molecule has 8 nitrogen and oxygen atoms in total. The normalized spacial score (nSPS) is 19.5. The second-order valence-electron chi connectivity index (χ2n) is 8.09. The van der Waals surface area contributed by atoms with Gasteiger partial charge < -0.3 is 19.7 Å². The first-order valence-electron chi connectivity index (χ1n) is 9.31. The van der Waals surface area contributed by atoms with Crippen LogP contribution in [-0.2, 0) is 19.0 Å². The van der Waals surface area contributed by atoms with Crippen LogP contribution in [0.1, 0.15) is 40.2 Å². The topological polar surface area (TPSA) is 101 Å². The van der Waals surface area contributed by atoms with E-state index in [1.165, 1.54) is 4.90 Å². The van der Waals surface area contributed by atoms with Crippen LogP contribution >= 0.6 is 0 Å². The van der Waals surface area contributed by atoms with E-state index in [1.807, 2.05) is 30.3 Å². The van der Waals surface area contributed by atoms with Crippen LogP contribution in [0.4, 0.5) is 4.79 Å². The van der Waals surface area contributed by atoms with Gasteiger partial charge in [-0.05, 0) is 46.3 Å². The second-order valence-corrected chi connectivity index (χ2v) is 8.09. The van der Waals surface area contributed by atoms with Gasteiger partial charge in [-0.15, -0.1) is 0 Å². The second kappa shape index (κ2) is 9.03. The molecule has 1 fully saturated rings. The zero-order chi connectivity index (χ0) is 21.7. The molecule has 1 amide bonds. The molecule has 1 aromatic carbocycles. The molecule has 1 heterocycles. The number of hydrogen-bond donors (Lipinski definition) is 0. The summed E-state index contributed by atoms with van der Waals surface area (Å²) < 4.78 is 16.8. The minimum Gasteiger partial charge on any atom is -0.447 e. The number of ether oxygens (including phenoxy) is 3. The third-order valence-corrected chi connectivity index (χ3v) is 4.18. The molecule has 1 aliphatic heterocycles. The van der Waals surface area contributed by atoms with E-state index in [-0.39, 0.29) is 6.61 Å². The number of benzene rings is 1. The van der Waals surface area contributed by atoms with Gasteiger partial charge >= 0.3 is 18.3 Å². The van der Waals surface area contributed by atoms with Crippen LogP contribution in [0.15, 0.2) is 36.4 Å². The summed E-state index contributed by atoms with van der Waals surface area (Å²) in [7, 11) is 0. The molecule has 1 saturated heterocycles. The van der Waals surface area contributed by atoms with E-state index in [1.54, 1.807) is 46.8 Å². The number of esters is 1. The van der Waals surface area contributed by atoms with Gasteiger partial charge in [0.15, 0.2) is 0 Å². The van der Waals surface area contributed by atoms with Gasteiger partial charge in [0, 0.05) is 0 Å². The third kappa shape index (κ3) is 6.27. The number of carbonyl (C=O) groups excluding carboxylic acids is 2. The van der Waals surface area contributed by atoms with Gasteiger partial charge in [0.2, 0.25) is 0 Å². The number of amides is 1. The first-order valence-corrected chi connectivity index (χ1v) is 9.31. The fraction of sp³-hybridized carbons (Fsp3) is 0.476. The van der Waals surface area contributed by atoms with E-state index in [0.717, 1.165) is 5.56 Å². The minimum atomic E-state index is -0.955. The molecular formula is C21H27N3O5. The van der Waals surface area contributed by atoms with E-state index in [4.69, 9.17) is 19.7 Å². The van der Waals surface area contributed by atoms with E-state index in [0.29, 0.717) is 6.21 Å². The van der Waals surface area contributed by atoms with Crippen molar-refractivity contribution >= 4 is 24.4 Å². The largest absolute Gasteiger partial charge is 0.447 e. The molecule has 0 aliphatic carbocycles. The Bertz CT molecular complexity index is 807. The van der Waals surface area contributed by atoms with Gasteiger partial charge in [0.1, 0.15) is 23.5 Å². The van der Waals surface area contributed by atoms with Crippen molar-refractivity contribution in [3.8, 4) is 0 Å². The lowest BCUT2D eigenvalue weighted by atomic mass is 10.1. The highest BCUT2D eigenvalue weighted by Crippen LogP contribution is 2.32. The Labute approximate surface area is 170 Å². The Balaban J connectivity index is 2.35. The highest BCUT2D eigenvalue weighted by atomic mass is 16.6. The zero-order valence-corrected chi connectivity index (χ0v) is 17.4. The van der Waals surface area contributed by atoms with Crippen LogP contribution < -0.4 is 0 Å². The highest BCUT2D eigenvalue weighted by Gasteiger charge is 2.49. The summed E-state index contributed by atoms with van der Waals surface area (Å²) in [5, 5.41) is 0. The van der Waals surface area contributed by atoms with Crippen molar-refractivity contribution in [3.05, 3.63) is 47.5 Å². The smallest absolute Gasteiger partial charge is 0.414 e. The fourth-order valence-electron chi connectivity index (χ4n) is 2.97. The van der Waals surface area contributed by atoms with Gasteiger partial charge in [0.05, 0.1) is 6.61 Å². The Morgan fingerprint density at radius 1 is 1.31 bits per heavy atom. The summed E-state index contributed by atoms with van der Waals surface area (Å²) >= 11 is 0. The molecule has 2 rings (SSSR count). The van der Waals surface area contributed by atoms with Crippen molar-refractivity contribution in [2.24, 2.45) is 0 Å². The first kappa shape index (κ1) is 22.3. The summed E-state index contributed by atoms with van der Waals surface area (Å²) in [6, 6.07) is 8.82. The molecule has 8 heteroatoms. The predicted molar refractivity (Wildman–Crippen MR) is 107 cm³/mol. The van der Waals surface area contributed by atoms with Gasteiger partial charge in [-0.1, -0.05) is 36.4 Å². The summed E-state index contributed by atoms with van der Waals surface area (Å²) in [6.45, 7) is 8.94. The highest BCUT2D eigenvalue weighted by molar-refractivity contribution is 6.20. The molecule has 0 radical (unpaired) electrons. The standard InChI is InChI=1S/C21H27N3O5/c1-20(2,3)29-19(26)24-16(14-27-21(24,4)5)17(28-18(25)13-23-22)12-11-15-9-7-6-8-10-15/h6-13,16-17H,14H2,1-5H3/b12-11-/t16-,17+/m0/s1. The SMILES string of the molecule is CC(C)(C)OC(=O)N1[C@H]([C@@H](/C=C\c2ccccc2)OC(=O)C=[N+]=[N-])COC1(C)C. The van der Waals surface area contributed by atoms with Crippen LogP contribution in [0.2, 0.25) is 0 Å². The van der Waals surface area contributed by atoms with Crippen molar-refractivity contribution < 1.29 is 28.6 Å². The molecule has 0 saturated carbocycles. The predicted octanol–water partition coefficient (Wildman–Crippen LogP) is 3.28. The Morgan fingerprint density at radius 3 is 2.55 bits per heavy atom. The number of carbonyl (C=O) groups is 2. The molecule has 0 spiro atoms. The Kier molecular flexibility index (Phi) is 6.95. The van der Waals surface area contributed by atoms with Crippen LogP contribution in [0.3, 0.4) is 0 Å². The van der Waals surface area contributed by atoms with Gasteiger partial charge in [-0.3, -0.25) is 4.90 Å². The number of rotatable bonds is 5. The van der Waals surface area contributed by atoms with E-state index < -0.39 is 35.5 Å². The lowest BCUT2D eigenvalue weighted by Crippen LogP contribution is -2.53. The number of nitrogens with zero attached hydrogens (tertiary/aromatic N) is 3. The number of hydrogen-bond acceptors (Lipinski definition) is 5. The van der Waals surface area contributed by atoms with Crippen molar-refractivity contribution in [2.45, 2.75) is 58.1 Å². The Morgan fingerprint density at radius 2 is 1.97 bits per heavy atom. The van der Waals surface area contributed by atoms with Crippen LogP contribution in [-0.4, -0.2) is 58.0 Å². The molecule has 29 heavy (non-hydrogen) atoms. The molecule has 0 N–H and O–H groups in total. The summed E-state index contributed by atoms with van der Waals surface area (Å²) in [5.41, 5.74) is 7.86. The summed E-state index contributed by atoms with van der Waals surface area (Å²) in [5.74, 6) is -0.843. The summed E-state index contributed by atoms with van der Waals surface area (Å²) in [4.78, 5) is 29.0. The van der Waals surface area contributed by atoms with E-state index >= 15 is 0 Å². The van der Waals surface area contributed by atoms with Crippen molar-refractivity contribution in [1.29, 1.82) is 0 Å². The first-order chi connectivity index (χ1) is 13.5. The van der Waals surface area contributed by atoms with E-state index in [2.05, 4.69) is 4.79 Å². The molecule has 1 aromatic rings. The van der Waals surface area contributed by atoms with Gasteiger partial charge in [0.25, 0.3) is 0 Å². The minimum absolute atomic E-state index is 0.138. The van der Waals surface area contributed by atoms with Crippen molar-refractivity contribution in [1.82, 2.24) is 4.90 Å². The van der Waals surface area contributed by atoms with Crippen LogP contribution in [0, 0.1) is 0 Å². The molecule has 0 unspecified atom stereocenters. The lowest BCUT2D eigenvalue weighted by molar-refractivity contribution is -0.144. The van der Waals surface area contributed by atoms with Gasteiger partial charge in [-0.2, -0.15) is 4.79 Å². The molecule has 2 atom stereocenters. The van der Waals surface area contributed by atoms with Crippen molar-refractivity contribution in [3.63, 3.8) is 0 Å². The molecule has 156 valence electrons. The van der Waals surface area contributed by atoms with Crippen LogP contribution in [0.25, 0.3) is 11.6 Å².